The van der Waals surface area contributed by atoms with E-state index in [-0.39, 0.29) is 23.5 Å². The van der Waals surface area contributed by atoms with Gasteiger partial charge in [0.2, 0.25) is 5.91 Å². The fourth-order valence-electron chi connectivity index (χ4n) is 3.75. The number of carbonyl (C=O) groups excluding carboxylic acids is 2. The number of rotatable bonds is 4. The van der Waals surface area contributed by atoms with Crippen molar-refractivity contribution < 1.29 is 14.0 Å². The topological polar surface area (TPSA) is 67.2 Å². The fraction of sp³-hybridized carbons (Fsp3) is 0.261. The zero-order valence-corrected chi connectivity index (χ0v) is 17.8. The van der Waals surface area contributed by atoms with Crippen LogP contribution in [0.2, 0.25) is 5.02 Å². The molecule has 2 heterocycles. The number of aromatic nitrogens is 2. The molecule has 4 rings (SSSR count). The number of anilines is 1. The predicted octanol–water partition coefficient (Wildman–Crippen LogP) is 4.46. The Morgan fingerprint density at radius 1 is 1.13 bits per heavy atom. The van der Waals surface area contributed by atoms with Crippen LogP contribution >= 0.6 is 11.6 Å². The first-order valence-electron chi connectivity index (χ1n) is 10.1. The molecule has 2 aromatic carbocycles. The summed E-state index contributed by atoms with van der Waals surface area (Å²) in [6.45, 7) is 2.78. The number of aryl methyl sites for hydroxylation is 1. The molecule has 3 aromatic rings. The molecule has 1 unspecified atom stereocenters. The van der Waals surface area contributed by atoms with Crippen LogP contribution in [-0.2, 0) is 4.79 Å². The Kier molecular flexibility index (Phi) is 6.04. The number of benzene rings is 2. The van der Waals surface area contributed by atoms with Gasteiger partial charge in [-0.25, -0.2) is 9.07 Å². The third-order valence-electron chi connectivity index (χ3n) is 5.32. The predicted molar refractivity (Wildman–Crippen MR) is 117 cm³/mol. The van der Waals surface area contributed by atoms with E-state index in [2.05, 4.69) is 10.4 Å². The molecule has 1 N–H and O–H groups in total. The monoisotopic (exact) mass is 440 g/mol. The lowest BCUT2D eigenvalue weighted by molar-refractivity contribution is -0.121. The molecule has 160 valence electrons. The van der Waals surface area contributed by atoms with Crippen molar-refractivity contribution in [2.45, 2.75) is 19.8 Å². The second-order valence-electron chi connectivity index (χ2n) is 7.65. The Bertz CT molecular complexity index is 1100. The highest BCUT2D eigenvalue weighted by molar-refractivity contribution is 6.30. The molecular weight excluding hydrogens is 419 g/mol. The van der Waals surface area contributed by atoms with Gasteiger partial charge in [-0.05, 0) is 68.3 Å². The van der Waals surface area contributed by atoms with E-state index in [9.17, 15) is 14.0 Å². The normalized spacial score (nSPS) is 16.2. The average molecular weight is 441 g/mol. The van der Waals surface area contributed by atoms with Gasteiger partial charge in [0.1, 0.15) is 11.6 Å². The minimum Gasteiger partial charge on any atom is -0.338 e. The lowest BCUT2D eigenvalue weighted by atomic mass is 9.96. The second-order valence-corrected chi connectivity index (χ2v) is 8.08. The number of likely N-dealkylation sites (tertiary alicyclic amines) is 1. The van der Waals surface area contributed by atoms with Crippen LogP contribution in [0.5, 0.6) is 0 Å². The van der Waals surface area contributed by atoms with Crippen LogP contribution in [-0.4, -0.2) is 39.6 Å². The second kappa shape index (κ2) is 8.89. The number of amides is 2. The van der Waals surface area contributed by atoms with Crippen LogP contribution in [0.4, 0.5) is 10.2 Å². The molecular formula is C23H22ClFN4O2. The maximum Gasteiger partial charge on any atom is 0.253 e. The highest BCUT2D eigenvalue weighted by Crippen LogP contribution is 2.23. The first kappa shape index (κ1) is 21.1. The standard InChI is InChI=1S/C23H22ClFN4O2/c1-15-13-21(29(27-15)20-10-8-19(25)9-11-20)26-22(30)17-3-2-12-28(14-17)23(31)16-4-6-18(24)7-5-16/h4-11,13,17H,2-3,12,14H2,1H3,(H,26,30). The summed E-state index contributed by atoms with van der Waals surface area (Å²) in [6.07, 6.45) is 1.44. The number of piperidine rings is 1. The minimum atomic E-state index is -0.342. The summed E-state index contributed by atoms with van der Waals surface area (Å²) in [5, 5.41) is 7.91. The van der Waals surface area contributed by atoms with Crippen molar-refractivity contribution in [1.82, 2.24) is 14.7 Å². The van der Waals surface area contributed by atoms with Gasteiger partial charge in [-0.3, -0.25) is 9.59 Å². The third kappa shape index (κ3) is 4.77. The molecule has 31 heavy (non-hydrogen) atoms. The smallest absolute Gasteiger partial charge is 0.253 e. The van der Waals surface area contributed by atoms with Crippen molar-refractivity contribution in [2.24, 2.45) is 5.92 Å². The molecule has 0 radical (unpaired) electrons. The lowest BCUT2D eigenvalue weighted by Gasteiger charge is -2.32. The van der Waals surface area contributed by atoms with Gasteiger partial charge in [0.25, 0.3) is 5.91 Å². The molecule has 8 heteroatoms. The Morgan fingerprint density at radius 3 is 2.55 bits per heavy atom. The molecule has 0 bridgehead atoms. The lowest BCUT2D eigenvalue weighted by Crippen LogP contribution is -2.43. The van der Waals surface area contributed by atoms with Crippen LogP contribution in [0.25, 0.3) is 5.69 Å². The average Bonchev–Trinajstić information content (AvgIpc) is 3.14. The van der Waals surface area contributed by atoms with Gasteiger partial charge in [-0.2, -0.15) is 5.10 Å². The van der Waals surface area contributed by atoms with Crippen molar-refractivity contribution in [3.8, 4) is 5.69 Å². The molecule has 1 saturated heterocycles. The Morgan fingerprint density at radius 2 is 1.84 bits per heavy atom. The van der Waals surface area contributed by atoms with E-state index >= 15 is 0 Å². The van der Waals surface area contributed by atoms with Crippen molar-refractivity contribution >= 4 is 29.2 Å². The minimum absolute atomic E-state index is 0.110. The van der Waals surface area contributed by atoms with E-state index in [0.29, 0.717) is 41.6 Å². The summed E-state index contributed by atoms with van der Waals surface area (Å²) in [5.41, 5.74) is 1.92. The SMILES string of the molecule is Cc1cc(NC(=O)C2CCCN(C(=O)c3ccc(Cl)cc3)C2)n(-c2ccc(F)cc2)n1. The number of hydrogen-bond donors (Lipinski definition) is 1. The highest BCUT2D eigenvalue weighted by atomic mass is 35.5. The van der Waals surface area contributed by atoms with Gasteiger partial charge in [0.05, 0.1) is 17.3 Å². The number of halogens is 2. The van der Waals surface area contributed by atoms with Gasteiger partial charge in [0.15, 0.2) is 0 Å². The Hall–Kier alpha value is -3.19. The first-order chi connectivity index (χ1) is 14.9. The van der Waals surface area contributed by atoms with Crippen LogP contribution in [0.15, 0.2) is 54.6 Å². The van der Waals surface area contributed by atoms with Gasteiger partial charge in [-0.1, -0.05) is 11.6 Å². The maximum absolute atomic E-state index is 13.3. The molecule has 0 saturated carbocycles. The zero-order chi connectivity index (χ0) is 22.0. The molecule has 2 amide bonds. The van der Waals surface area contributed by atoms with E-state index in [0.717, 1.165) is 12.1 Å². The van der Waals surface area contributed by atoms with Gasteiger partial charge >= 0.3 is 0 Å². The van der Waals surface area contributed by atoms with Crippen LogP contribution in [0.1, 0.15) is 28.9 Å². The summed E-state index contributed by atoms with van der Waals surface area (Å²) in [5.74, 6) is -0.443. The number of nitrogens with one attached hydrogen (secondary N) is 1. The zero-order valence-electron chi connectivity index (χ0n) is 17.0. The molecule has 1 aromatic heterocycles. The van der Waals surface area contributed by atoms with Crippen molar-refractivity contribution in [2.75, 3.05) is 18.4 Å². The van der Waals surface area contributed by atoms with Crippen LogP contribution in [0, 0.1) is 18.7 Å². The molecule has 0 spiro atoms. The molecule has 6 nitrogen and oxygen atoms in total. The maximum atomic E-state index is 13.3. The van der Waals surface area contributed by atoms with E-state index in [4.69, 9.17) is 11.6 Å². The third-order valence-corrected chi connectivity index (χ3v) is 5.58. The quantitative estimate of drug-likeness (QED) is 0.651. The Labute approximate surface area is 184 Å². The molecule has 0 aliphatic carbocycles. The summed E-state index contributed by atoms with van der Waals surface area (Å²) < 4.78 is 14.8. The van der Waals surface area contributed by atoms with E-state index < -0.39 is 0 Å². The van der Waals surface area contributed by atoms with E-state index in [1.54, 1.807) is 52.0 Å². The van der Waals surface area contributed by atoms with E-state index in [1.807, 2.05) is 6.92 Å². The van der Waals surface area contributed by atoms with Crippen molar-refractivity contribution in [1.29, 1.82) is 0 Å². The van der Waals surface area contributed by atoms with Gasteiger partial charge in [-0.15, -0.1) is 0 Å². The van der Waals surface area contributed by atoms with Crippen LogP contribution in [0.3, 0.4) is 0 Å². The number of hydrogen-bond acceptors (Lipinski definition) is 3. The molecule has 1 aliphatic rings. The highest BCUT2D eigenvalue weighted by Gasteiger charge is 2.29. The molecule has 1 aliphatic heterocycles. The summed E-state index contributed by atoms with van der Waals surface area (Å²) >= 11 is 5.91. The van der Waals surface area contributed by atoms with Gasteiger partial charge < -0.3 is 10.2 Å². The fourth-order valence-corrected chi connectivity index (χ4v) is 3.87. The summed E-state index contributed by atoms with van der Waals surface area (Å²) in [6, 6.07) is 14.4. The molecule has 1 fully saturated rings. The number of nitrogens with zero attached hydrogens (tertiary/aromatic N) is 3. The van der Waals surface area contributed by atoms with Crippen molar-refractivity contribution in [3.63, 3.8) is 0 Å². The Balaban J connectivity index is 1.47. The van der Waals surface area contributed by atoms with Crippen molar-refractivity contribution in [3.05, 3.63) is 76.7 Å². The first-order valence-corrected chi connectivity index (χ1v) is 10.5. The number of carbonyl (C=O) groups is 2. The summed E-state index contributed by atoms with van der Waals surface area (Å²) in [4.78, 5) is 27.5. The largest absolute Gasteiger partial charge is 0.338 e. The van der Waals surface area contributed by atoms with E-state index in [1.165, 1.54) is 12.1 Å². The van der Waals surface area contributed by atoms with Gasteiger partial charge in [0, 0.05) is 29.7 Å². The van der Waals surface area contributed by atoms with Crippen LogP contribution < -0.4 is 5.32 Å². The summed E-state index contributed by atoms with van der Waals surface area (Å²) in [7, 11) is 0. The molecule has 1 atom stereocenters.